The Kier molecular flexibility index (Phi) is 7.67. The molecule has 0 fully saturated rings. The summed E-state index contributed by atoms with van der Waals surface area (Å²) in [7, 11) is 1.60. The summed E-state index contributed by atoms with van der Waals surface area (Å²) in [5.74, 6) is 0.894. The Morgan fingerprint density at radius 3 is 2.33 bits per heavy atom. The van der Waals surface area contributed by atoms with E-state index in [1.165, 1.54) is 0 Å². The smallest absolute Gasteiger partial charge is 0.255 e. The molecular formula is C21H26N2O4. The summed E-state index contributed by atoms with van der Waals surface area (Å²) in [6.45, 7) is 4.99. The molecular weight excluding hydrogens is 344 g/mol. The topological polar surface area (TPSA) is 76.7 Å². The molecule has 0 bridgehead atoms. The molecule has 144 valence electrons. The van der Waals surface area contributed by atoms with Gasteiger partial charge in [-0.3, -0.25) is 9.59 Å². The monoisotopic (exact) mass is 370 g/mol. The highest BCUT2D eigenvalue weighted by molar-refractivity contribution is 6.04. The Balaban J connectivity index is 2.08. The Hall–Kier alpha value is -3.02. The lowest BCUT2D eigenvalue weighted by Crippen LogP contribution is -2.19. The van der Waals surface area contributed by atoms with Crippen LogP contribution < -0.4 is 20.1 Å². The van der Waals surface area contributed by atoms with Crippen molar-refractivity contribution in [2.45, 2.75) is 26.7 Å². The minimum absolute atomic E-state index is 0.0550. The lowest BCUT2D eigenvalue weighted by atomic mass is 10.1. The van der Waals surface area contributed by atoms with Crippen LogP contribution in [-0.4, -0.2) is 32.1 Å². The molecule has 0 aliphatic heterocycles. The van der Waals surface area contributed by atoms with Crippen LogP contribution in [0.15, 0.2) is 42.5 Å². The zero-order valence-corrected chi connectivity index (χ0v) is 16.0. The maximum Gasteiger partial charge on any atom is 0.255 e. The summed E-state index contributed by atoms with van der Waals surface area (Å²) in [6.07, 6.45) is 1.20. The van der Waals surface area contributed by atoms with E-state index in [1.807, 2.05) is 26.0 Å². The van der Waals surface area contributed by atoms with Crippen LogP contribution in [0.25, 0.3) is 0 Å². The van der Waals surface area contributed by atoms with Crippen molar-refractivity contribution in [1.29, 1.82) is 0 Å². The highest BCUT2D eigenvalue weighted by Crippen LogP contribution is 2.29. The lowest BCUT2D eigenvalue weighted by molar-refractivity contribution is -0.119. The Morgan fingerprint density at radius 2 is 1.70 bits per heavy atom. The maximum absolute atomic E-state index is 12.5. The van der Waals surface area contributed by atoms with Crippen molar-refractivity contribution in [1.82, 2.24) is 5.32 Å². The molecule has 2 rings (SSSR count). The molecule has 0 spiro atoms. The number of benzene rings is 2. The fourth-order valence-electron chi connectivity index (χ4n) is 2.43. The van der Waals surface area contributed by atoms with Gasteiger partial charge in [0.15, 0.2) is 11.5 Å². The van der Waals surface area contributed by atoms with Crippen LogP contribution in [0, 0.1) is 0 Å². The zero-order valence-electron chi connectivity index (χ0n) is 16.0. The largest absolute Gasteiger partial charge is 0.490 e. The Bertz CT molecular complexity index is 772. The van der Waals surface area contributed by atoms with E-state index in [-0.39, 0.29) is 11.8 Å². The molecule has 2 aromatic carbocycles. The molecule has 0 radical (unpaired) electrons. The fourth-order valence-corrected chi connectivity index (χ4v) is 2.43. The van der Waals surface area contributed by atoms with Gasteiger partial charge in [0, 0.05) is 18.3 Å². The molecule has 6 heteroatoms. The summed E-state index contributed by atoms with van der Waals surface area (Å²) >= 11 is 0. The molecule has 2 N–H and O–H groups in total. The molecule has 0 aromatic heterocycles. The van der Waals surface area contributed by atoms with Gasteiger partial charge in [0.1, 0.15) is 0 Å². The number of rotatable bonds is 9. The van der Waals surface area contributed by atoms with E-state index in [1.54, 1.807) is 37.4 Å². The van der Waals surface area contributed by atoms with Gasteiger partial charge in [-0.05, 0) is 49.2 Å². The second-order valence-electron chi connectivity index (χ2n) is 5.94. The second-order valence-corrected chi connectivity index (χ2v) is 5.94. The fraction of sp³-hybridized carbons (Fsp3) is 0.333. The summed E-state index contributed by atoms with van der Waals surface area (Å²) in [4.78, 5) is 23.9. The van der Waals surface area contributed by atoms with Gasteiger partial charge in [-0.15, -0.1) is 0 Å². The normalized spacial score (nSPS) is 10.2. The van der Waals surface area contributed by atoms with E-state index in [0.29, 0.717) is 42.4 Å². The molecule has 0 aliphatic carbocycles. The third-order valence-corrected chi connectivity index (χ3v) is 3.82. The van der Waals surface area contributed by atoms with E-state index in [0.717, 1.165) is 12.0 Å². The number of anilines is 1. The first kappa shape index (κ1) is 20.3. The lowest BCUT2D eigenvalue weighted by Gasteiger charge is -2.13. The number of carbonyl (C=O) groups excluding carboxylic acids is 2. The van der Waals surface area contributed by atoms with Gasteiger partial charge in [0.2, 0.25) is 5.91 Å². The van der Waals surface area contributed by atoms with Crippen molar-refractivity contribution >= 4 is 17.5 Å². The van der Waals surface area contributed by atoms with E-state index in [9.17, 15) is 9.59 Å². The van der Waals surface area contributed by atoms with E-state index in [4.69, 9.17) is 9.47 Å². The highest BCUT2D eigenvalue weighted by atomic mass is 16.5. The molecule has 0 heterocycles. The van der Waals surface area contributed by atoms with Crippen molar-refractivity contribution in [3.8, 4) is 11.5 Å². The second kappa shape index (κ2) is 10.2. The van der Waals surface area contributed by atoms with Gasteiger partial charge in [0.25, 0.3) is 5.91 Å². The predicted octanol–water partition coefficient (Wildman–Crippen LogP) is 3.41. The highest BCUT2D eigenvalue weighted by Gasteiger charge is 2.12. The number of carbonyl (C=O) groups is 2. The van der Waals surface area contributed by atoms with Gasteiger partial charge < -0.3 is 20.1 Å². The van der Waals surface area contributed by atoms with Gasteiger partial charge in [0.05, 0.1) is 19.6 Å². The number of amides is 2. The molecule has 0 aliphatic rings. The quantitative estimate of drug-likeness (QED) is 0.709. The number of hydrogen-bond donors (Lipinski definition) is 2. The third-order valence-electron chi connectivity index (χ3n) is 3.82. The molecule has 6 nitrogen and oxygen atoms in total. The standard InChI is InChI=1S/C21H26N2O4/c1-4-12-27-18-11-8-16(14-19(18)26-5-2)21(25)23-17-9-6-15(7-10-17)13-20(24)22-3/h6-11,14H,4-5,12-13H2,1-3H3,(H,22,24)(H,23,25). The number of nitrogens with one attached hydrogen (secondary N) is 2. The summed E-state index contributed by atoms with van der Waals surface area (Å²) in [6, 6.07) is 12.3. The Labute approximate surface area is 159 Å². The first-order chi connectivity index (χ1) is 13.1. The van der Waals surface area contributed by atoms with Crippen LogP contribution in [0.3, 0.4) is 0 Å². The summed E-state index contributed by atoms with van der Waals surface area (Å²) < 4.78 is 11.3. The van der Waals surface area contributed by atoms with E-state index < -0.39 is 0 Å². The molecule has 2 amide bonds. The Morgan fingerprint density at radius 1 is 0.963 bits per heavy atom. The van der Waals surface area contributed by atoms with Crippen LogP contribution in [0.4, 0.5) is 5.69 Å². The van der Waals surface area contributed by atoms with Gasteiger partial charge in [-0.25, -0.2) is 0 Å². The summed E-state index contributed by atoms with van der Waals surface area (Å²) in [5.41, 5.74) is 2.02. The predicted molar refractivity (Wildman–Crippen MR) is 106 cm³/mol. The number of ether oxygens (including phenoxy) is 2. The summed E-state index contributed by atoms with van der Waals surface area (Å²) in [5, 5.41) is 5.43. The van der Waals surface area contributed by atoms with Crippen molar-refractivity contribution in [2.75, 3.05) is 25.6 Å². The van der Waals surface area contributed by atoms with Crippen LogP contribution in [0.2, 0.25) is 0 Å². The molecule has 0 unspecified atom stereocenters. The van der Waals surface area contributed by atoms with Crippen LogP contribution in [-0.2, 0) is 11.2 Å². The van der Waals surface area contributed by atoms with Crippen LogP contribution >= 0.6 is 0 Å². The van der Waals surface area contributed by atoms with Crippen molar-refractivity contribution in [3.63, 3.8) is 0 Å². The van der Waals surface area contributed by atoms with Crippen molar-refractivity contribution < 1.29 is 19.1 Å². The van der Waals surface area contributed by atoms with Gasteiger partial charge in [-0.1, -0.05) is 19.1 Å². The van der Waals surface area contributed by atoms with Crippen LogP contribution in [0.5, 0.6) is 11.5 Å². The SMILES string of the molecule is CCCOc1ccc(C(=O)Nc2ccc(CC(=O)NC)cc2)cc1OCC. The zero-order chi connectivity index (χ0) is 19.6. The maximum atomic E-state index is 12.5. The minimum atomic E-state index is -0.239. The molecule has 2 aromatic rings. The van der Waals surface area contributed by atoms with Crippen molar-refractivity contribution in [2.24, 2.45) is 0 Å². The molecule has 0 atom stereocenters. The molecule has 0 saturated carbocycles. The molecule has 27 heavy (non-hydrogen) atoms. The van der Waals surface area contributed by atoms with E-state index in [2.05, 4.69) is 10.6 Å². The molecule has 0 saturated heterocycles. The van der Waals surface area contributed by atoms with Crippen LogP contribution in [0.1, 0.15) is 36.2 Å². The van der Waals surface area contributed by atoms with Crippen molar-refractivity contribution in [3.05, 3.63) is 53.6 Å². The minimum Gasteiger partial charge on any atom is -0.490 e. The third kappa shape index (κ3) is 6.02. The number of likely N-dealkylation sites (N-methyl/N-ethyl adjacent to an activating group) is 1. The number of hydrogen-bond acceptors (Lipinski definition) is 4. The van der Waals surface area contributed by atoms with Gasteiger partial charge >= 0.3 is 0 Å². The first-order valence-corrected chi connectivity index (χ1v) is 9.07. The average molecular weight is 370 g/mol. The first-order valence-electron chi connectivity index (χ1n) is 9.07. The average Bonchev–Trinajstić information content (AvgIpc) is 2.68. The van der Waals surface area contributed by atoms with Gasteiger partial charge in [-0.2, -0.15) is 0 Å². The van der Waals surface area contributed by atoms with E-state index >= 15 is 0 Å².